The van der Waals surface area contributed by atoms with Gasteiger partial charge in [-0.1, -0.05) is 35.3 Å². The number of carbonyl (C=O) groups is 1. The third-order valence-corrected chi connectivity index (χ3v) is 3.88. The number of aryl methyl sites for hydroxylation is 1. The number of benzene rings is 1. The number of nitrogens with one attached hydrogen (secondary N) is 1. The summed E-state index contributed by atoms with van der Waals surface area (Å²) in [5.74, 6) is -0.687. The molecule has 0 fully saturated rings. The monoisotopic (exact) mass is 351 g/mol. The van der Waals surface area contributed by atoms with Crippen LogP contribution in [0.3, 0.4) is 0 Å². The maximum atomic E-state index is 12.7. The summed E-state index contributed by atoms with van der Waals surface area (Å²) in [6.07, 6.45) is 0. The summed E-state index contributed by atoms with van der Waals surface area (Å²) in [7, 11) is 1.61. The third-order valence-electron chi connectivity index (χ3n) is 3.46. The lowest BCUT2D eigenvalue weighted by Crippen LogP contribution is -2.09. The normalized spacial score (nSPS) is 11.3. The number of H-pyrrole nitrogens is 1. The van der Waals surface area contributed by atoms with Crippen molar-refractivity contribution in [3.63, 3.8) is 0 Å². The fourth-order valence-electron chi connectivity index (χ4n) is 2.36. The zero-order valence-electron chi connectivity index (χ0n) is 11.9. The number of alkyl halides is 2. The van der Waals surface area contributed by atoms with Crippen molar-refractivity contribution in [2.24, 2.45) is 7.05 Å². The SMILES string of the molecule is Cn1[nH]c(=O)c2cc(C(=O)c3ccccc3O)c(C(Cl)Cl)nc21. The van der Waals surface area contributed by atoms with E-state index in [1.807, 2.05) is 0 Å². The van der Waals surface area contributed by atoms with E-state index in [-0.39, 0.29) is 33.5 Å². The van der Waals surface area contributed by atoms with Gasteiger partial charge in [0.05, 0.1) is 16.6 Å². The number of nitrogens with zero attached hydrogens (tertiary/aromatic N) is 2. The summed E-state index contributed by atoms with van der Waals surface area (Å²) >= 11 is 11.9. The van der Waals surface area contributed by atoms with E-state index in [1.54, 1.807) is 19.2 Å². The van der Waals surface area contributed by atoms with Crippen LogP contribution in [0, 0.1) is 0 Å². The number of hydrogen-bond donors (Lipinski definition) is 2. The fraction of sp³-hybridized carbons (Fsp3) is 0.133. The molecular formula is C15H11Cl2N3O3. The molecule has 0 aliphatic heterocycles. The van der Waals surface area contributed by atoms with E-state index < -0.39 is 10.6 Å². The third kappa shape index (κ3) is 2.60. The van der Waals surface area contributed by atoms with Crippen molar-refractivity contribution in [1.29, 1.82) is 0 Å². The minimum atomic E-state index is -1.06. The molecule has 0 saturated carbocycles. The molecule has 118 valence electrons. The van der Waals surface area contributed by atoms with E-state index in [9.17, 15) is 14.7 Å². The molecule has 0 spiro atoms. The van der Waals surface area contributed by atoms with Crippen LogP contribution in [-0.4, -0.2) is 25.7 Å². The second kappa shape index (κ2) is 5.72. The number of aromatic amines is 1. The molecule has 0 aliphatic rings. The van der Waals surface area contributed by atoms with E-state index in [4.69, 9.17) is 23.2 Å². The molecule has 2 aromatic heterocycles. The first-order chi connectivity index (χ1) is 10.9. The molecule has 3 rings (SSSR count). The Morgan fingerprint density at radius 2 is 2.00 bits per heavy atom. The van der Waals surface area contributed by atoms with Crippen molar-refractivity contribution in [2.75, 3.05) is 0 Å². The molecule has 0 amide bonds. The van der Waals surface area contributed by atoms with Gasteiger partial charge in [0.25, 0.3) is 5.56 Å². The number of fused-ring (bicyclic) bond motifs is 1. The van der Waals surface area contributed by atoms with Crippen molar-refractivity contribution in [2.45, 2.75) is 4.84 Å². The lowest BCUT2D eigenvalue weighted by molar-refractivity contribution is 0.103. The number of pyridine rings is 1. The molecule has 0 unspecified atom stereocenters. The smallest absolute Gasteiger partial charge is 0.273 e. The second-order valence-corrected chi connectivity index (χ2v) is 6.04. The molecule has 2 N–H and O–H groups in total. The van der Waals surface area contributed by atoms with E-state index in [1.165, 1.54) is 22.9 Å². The zero-order valence-corrected chi connectivity index (χ0v) is 13.4. The Balaban J connectivity index is 2.29. The Morgan fingerprint density at radius 1 is 1.30 bits per heavy atom. The van der Waals surface area contributed by atoms with E-state index in [2.05, 4.69) is 10.1 Å². The van der Waals surface area contributed by atoms with Gasteiger partial charge in [0, 0.05) is 12.6 Å². The lowest BCUT2D eigenvalue weighted by Gasteiger charge is -2.10. The molecule has 0 aliphatic carbocycles. The van der Waals surface area contributed by atoms with Gasteiger partial charge in [-0.2, -0.15) is 0 Å². The number of halogens is 2. The van der Waals surface area contributed by atoms with Crippen LogP contribution in [0.15, 0.2) is 35.1 Å². The van der Waals surface area contributed by atoms with Crippen molar-refractivity contribution in [3.8, 4) is 5.75 Å². The van der Waals surface area contributed by atoms with Crippen molar-refractivity contribution >= 4 is 40.0 Å². The number of ketones is 1. The minimum absolute atomic E-state index is 0.0747. The minimum Gasteiger partial charge on any atom is -0.507 e. The topological polar surface area (TPSA) is 88.0 Å². The first-order valence-electron chi connectivity index (χ1n) is 6.60. The van der Waals surface area contributed by atoms with Crippen LogP contribution in [0.1, 0.15) is 26.5 Å². The highest BCUT2D eigenvalue weighted by Crippen LogP contribution is 2.30. The summed E-state index contributed by atoms with van der Waals surface area (Å²) in [5, 5.41) is 12.7. The van der Waals surface area contributed by atoms with Crippen LogP contribution in [0.4, 0.5) is 0 Å². The molecule has 23 heavy (non-hydrogen) atoms. The molecule has 2 heterocycles. The summed E-state index contributed by atoms with van der Waals surface area (Å²) in [4.78, 5) is 27.8. The van der Waals surface area contributed by atoms with Gasteiger partial charge in [0.15, 0.2) is 11.4 Å². The van der Waals surface area contributed by atoms with Crippen molar-refractivity contribution in [1.82, 2.24) is 14.8 Å². The Labute approximate surface area is 140 Å². The Kier molecular flexibility index (Phi) is 3.87. The van der Waals surface area contributed by atoms with Gasteiger partial charge >= 0.3 is 0 Å². The Hall–Kier alpha value is -2.31. The molecule has 1 aromatic carbocycles. The van der Waals surface area contributed by atoms with Gasteiger partial charge in [0.1, 0.15) is 10.6 Å². The number of phenolic OH excluding ortho intramolecular Hbond substituents is 1. The molecule has 3 aromatic rings. The number of rotatable bonds is 3. The van der Waals surface area contributed by atoms with Gasteiger partial charge in [-0.15, -0.1) is 0 Å². The Morgan fingerprint density at radius 3 is 2.65 bits per heavy atom. The maximum absolute atomic E-state index is 12.7. The van der Waals surface area contributed by atoms with Crippen LogP contribution >= 0.6 is 23.2 Å². The largest absolute Gasteiger partial charge is 0.507 e. The summed E-state index contributed by atoms with van der Waals surface area (Å²) < 4.78 is 1.42. The molecule has 0 saturated heterocycles. The predicted molar refractivity (Wildman–Crippen MR) is 87.3 cm³/mol. The standard InChI is InChI=1S/C15H11Cl2N3O3/c1-20-14-9(15(23)19-20)6-8(11(18-14)13(16)17)12(22)7-4-2-3-5-10(7)21/h2-6,13,21H,1H3,(H,19,23). The number of hydrogen-bond acceptors (Lipinski definition) is 4. The molecule has 8 heteroatoms. The second-order valence-electron chi connectivity index (χ2n) is 4.94. The van der Waals surface area contributed by atoms with Crippen LogP contribution in [0.25, 0.3) is 11.0 Å². The lowest BCUT2D eigenvalue weighted by atomic mass is 10.0. The van der Waals surface area contributed by atoms with Crippen LogP contribution < -0.4 is 5.56 Å². The van der Waals surface area contributed by atoms with Gasteiger partial charge in [-0.25, -0.2) is 4.98 Å². The maximum Gasteiger partial charge on any atom is 0.273 e. The molecular weight excluding hydrogens is 341 g/mol. The molecule has 0 bridgehead atoms. The predicted octanol–water partition coefficient (Wildman–Crippen LogP) is 2.67. The molecule has 0 atom stereocenters. The van der Waals surface area contributed by atoms with Crippen LogP contribution in [0.2, 0.25) is 0 Å². The fourth-order valence-corrected chi connectivity index (χ4v) is 2.70. The summed E-state index contributed by atoms with van der Waals surface area (Å²) in [6, 6.07) is 7.48. The van der Waals surface area contributed by atoms with E-state index in [0.717, 1.165) is 0 Å². The highest BCUT2D eigenvalue weighted by Gasteiger charge is 2.23. The Bertz CT molecular complexity index is 976. The first kappa shape index (κ1) is 15.6. The van der Waals surface area contributed by atoms with Crippen molar-refractivity contribution in [3.05, 3.63) is 57.5 Å². The molecule has 0 radical (unpaired) electrons. The van der Waals surface area contributed by atoms with E-state index >= 15 is 0 Å². The van der Waals surface area contributed by atoms with Gasteiger partial charge in [-0.05, 0) is 18.2 Å². The number of aromatic nitrogens is 3. The number of para-hydroxylation sites is 1. The zero-order chi connectivity index (χ0) is 16.7. The number of carbonyl (C=O) groups excluding carboxylic acids is 1. The van der Waals surface area contributed by atoms with Crippen molar-refractivity contribution < 1.29 is 9.90 Å². The molecule has 6 nitrogen and oxygen atoms in total. The average Bonchev–Trinajstić information content (AvgIpc) is 2.80. The van der Waals surface area contributed by atoms with Gasteiger partial charge in [0.2, 0.25) is 0 Å². The average molecular weight is 352 g/mol. The quantitative estimate of drug-likeness (QED) is 0.560. The number of aromatic hydroxyl groups is 1. The summed E-state index contributed by atoms with van der Waals surface area (Å²) in [5.41, 5.74) is 0.240. The van der Waals surface area contributed by atoms with E-state index in [0.29, 0.717) is 5.65 Å². The van der Waals surface area contributed by atoms with Crippen LogP contribution in [-0.2, 0) is 7.05 Å². The highest BCUT2D eigenvalue weighted by atomic mass is 35.5. The summed E-state index contributed by atoms with van der Waals surface area (Å²) in [6.45, 7) is 0. The van der Waals surface area contributed by atoms with Gasteiger partial charge in [-0.3, -0.25) is 19.4 Å². The van der Waals surface area contributed by atoms with Crippen LogP contribution in [0.5, 0.6) is 5.75 Å². The first-order valence-corrected chi connectivity index (χ1v) is 7.48. The van der Waals surface area contributed by atoms with Gasteiger partial charge < -0.3 is 5.11 Å². The highest BCUT2D eigenvalue weighted by molar-refractivity contribution is 6.44. The number of phenols is 1.